The molecule has 5 nitrogen and oxygen atoms in total. The van der Waals surface area contributed by atoms with Gasteiger partial charge < -0.3 is 9.84 Å². The molecule has 1 aliphatic heterocycles. The Morgan fingerprint density at radius 3 is 2.76 bits per heavy atom. The second-order valence-corrected chi connectivity index (χ2v) is 4.54. The zero-order chi connectivity index (χ0) is 12.6. The van der Waals surface area contributed by atoms with Gasteiger partial charge in [-0.1, -0.05) is 22.0 Å². The summed E-state index contributed by atoms with van der Waals surface area (Å²) in [7, 11) is 1.33. The lowest BCUT2D eigenvalue weighted by Crippen LogP contribution is -2.69. The van der Waals surface area contributed by atoms with Crippen molar-refractivity contribution in [1.29, 1.82) is 0 Å². The number of anilines is 1. The molecule has 0 bridgehead atoms. The van der Waals surface area contributed by atoms with Gasteiger partial charge in [-0.15, -0.1) is 0 Å². The third-order valence-electron chi connectivity index (χ3n) is 2.64. The molecule has 2 atom stereocenters. The van der Waals surface area contributed by atoms with Gasteiger partial charge in [-0.3, -0.25) is 9.69 Å². The molecular formula is C11H10BrNO4. The minimum absolute atomic E-state index is 0.335. The standard InChI is InChI=1S/C11H10BrNO4/c1-17-9-8(11(15)16)13(10(9)14)7-4-2-3-6(12)5-7/h2-5,8-9H,1H3,(H,15,16)/t8-,9+/m0/s1. The van der Waals surface area contributed by atoms with E-state index in [1.165, 1.54) is 12.0 Å². The zero-order valence-electron chi connectivity index (χ0n) is 8.96. The number of amides is 1. The minimum atomic E-state index is -1.07. The molecule has 1 N–H and O–H groups in total. The van der Waals surface area contributed by atoms with Gasteiger partial charge in [-0.05, 0) is 18.2 Å². The Bertz CT molecular complexity index is 476. The first-order chi connectivity index (χ1) is 8.06. The third kappa shape index (κ3) is 1.94. The van der Waals surface area contributed by atoms with E-state index < -0.39 is 18.1 Å². The van der Waals surface area contributed by atoms with E-state index in [4.69, 9.17) is 9.84 Å². The number of carbonyl (C=O) groups is 2. The van der Waals surface area contributed by atoms with Crippen LogP contribution in [0, 0.1) is 0 Å². The maximum absolute atomic E-state index is 11.7. The number of hydrogen-bond acceptors (Lipinski definition) is 3. The molecule has 1 heterocycles. The molecule has 0 saturated carbocycles. The largest absolute Gasteiger partial charge is 0.480 e. The number of carboxylic acids is 1. The first kappa shape index (κ1) is 12.1. The number of methoxy groups -OCH3 is 1. The summed E-state index contributed by atoms with van der Waals surface area (Å²) >= 11 is 3.28. The Hall–Kier alpha value is -1.40. The van der Waals surface area contributed by atoms with Crippen LogP contribution in [0.1, 0.15) is 0 Å². The molecule has 1 aliphatic rings. The molecule has 1 saturated heterocycles. The number of hydrogen-bond donors (Lipinski definition) is 1. The van der Waals surface area contributed by atoms with Gasteiger partial charge in [0, 0.05) is 17.3 Å². The third-order valence-corrected chi connectivity index (χ3v) is 3.13. The molecule has 90 valence electrons. The van der Waals surface area contributed by atoms with Crippen molar-refractivity contribution >= 4 is 33.5 Å². The summed E-state index contributed by atoms with van der Waals surface area (Å²) in [6.45, 7) is 0. The van der Waals surface area contributed by atoms with Crippen molar-refractivity contribution in [2.24, 2.45) is 0 Å². The second-order valence-electron chi connectivity index (χ2n) is 3.63. The van der Waals surface area contributed by atoms with Crippen LogP contribution in [0.15, 0.2) is 28.7 Å². The van der Waals surface area contributed by atoms with Crippen molar-refractivity contribution in [3.63, 3.8) is 0 Å². The fourth-order valence-electron chi connectivity index (χ4n) is 1.85. The highest BCUT2D eigenvalue weighted by Gasteiger charge is 2.53. The Labute approximate surface area is 106 Å². The maximum atomic E-state index is 11.7. The van der Waals surface area contributed by atoms with Crippen LogP contribution in [0.2, 0.25) is 0 Å². The highest BCUT2D eigenvalue weighted by molar-refractivity contribution is 9.10. The summed E-state index contributed by atoms with van der Waals surface area (Å²) < 4.78 is 5.66. The number of ether oxygens (including phenoxy) is 1. The molecule has 6 heteroatoms. The number of halogens is 1. The summed E-state index contributed by atoms with van der Waals surface area (Å²) in [4.78, 5) is 24.0. The van der Waals surface area contributed by atoms with Gasteiger partial charge in [0.25, 0.3) is 5.91 Å². The summed E-state index contributed by atoms with van der Waals surface area (Å²) in [6, 6.07) is 5.97. The first-order valence-corrected chi connectivity index (χ1v) is 5.70. The SMILES string of the molecule is CO[C@H]1C(=O)N(c2cccc(Br)c2)[C@@H]1C(=O)O. The van der Waals surface area contributed by atoms with Crippen LogP contribution < -0.4 is 4.90 Å². The molecule has 0 spiro atoms. The van der Waals surface area contributed by atoms with E-state index in [1.807, 2.05) is 0 Å². The predicted molar refractivity (Wildman–Crippen MR) is 63.8 cm³/mol. The average molecular weight is 300 g/mol. The van der Waals surface area contributed by atoms with Gasteiger partial charge in [0.1, 0.15) is 0 Å². The fourth-order valence-corrected chi connectivity index (χ4v) is 2.23. The average Bonchev–Trinajstić information content (AvgIpc) is 2.26. The lowest BCUT2D eigenvalue weighted by molar-refractivity contribution is -0.155. The number of benzene rings is 1. The van der Waals surface area contributed by atoms with Gasteiger partial charge in [0.2, 0.25) is 0 Å². The van der Waals surface area contributed by atoms with Crippen molar-refractivity contribution in [2.45, 2.75) is 12.1 Å². The van der Waals surface area contributed by atoms with E-state index in [9.17, 15) is 9.59 Å². The fraction of sp³-hybridized carbons (Fsp3) is 0.273. The lowest BCUT2D eigenvalue weighted by Gasteiger charge is -2.43. The molecule has 2 rings (SSSR count). The van der Waals surface area contributed by atoms with Crippen molar-refractivity contribution in [1.82, 2.24) is 0 Å². The van der Waals surface area contributed by atoms with Gasteiger partial charge in [-0.2, -0.15) is 0 Å². The van der Waals surface area contributed by atoms with Crippen LogP contribution >= 0.6 is 15.9 Å². The van der Waals surface area contributed by atoms with Crippen LogP contribution in [-0.4, -0.2) is 36.2 Å². The van der Waals surface area contributed by atoms with Crippen molar-refractivity contribution in [3.05, 3.63) is 28.7 Å². The van der Waals surface area contributed by atoms with E-state index in [2.05, 4.69) is 15.9 Å². The van der Waals surface area contributed by atoms with Crippen LogP contribution in [0.25, 0.3) is 0 Å². The van der Waals surface area contributed by atoms with E-state index in [0.29, 0.717) is 5.69 Å². The number of rotatable bonds is 3. The van der Waals surface area contributed by atoms with E-state index in [1.54, 1.807) is 24.3 Å². The molecule has 0 aromatic heterocycles. The number of carbonyl (C=O) groups excluding carboxylic acids is 1. The quantitative estimate of drug-likeness (QED) is 0.854. The zero-order valence-corrected chi connectivity index (χ0v) is 10.5. The topological polar surface area (TPSA) is 66.8 Å². The lowest BCUT2D eigenvalue weighted by atomic mass is 9.97. The van der Waals surface area contributed by atoms with Crippen molar-refractivity contribution < 1.29 is 19.4 Å². The summed E-state index contributed by atoms with van der Waals surface area (Å²) in [5, 5.41) is 9.07. The highest BCUT2D eigenvalue weighted by Crippen LogP contribution is 2.31. The summed E-state index contributed by atoms with van der Waals surface area (Å²) in [6.07, 6.45) is -0.897. The maximum Gasteiger partial charge on any atom is 0.330 e. The van der Waals surface area contributed by atoms with Crippen molar-refractivity contribution in [3.8, 4) is 0 Å². The molecule has 1 fully saturated rings. The monoisotopic (exact) mass is 299 g/mol. The van der Waals surface area contributed by atoms with E-state index >= 15 is 0 Å². The molecule has 0 unspecified atom stereocenters. The number of β-lactam (4-membered cyclic amide) rings is 1. The Kier molecular flexibility index (Phi) is 3.17. The molecule has 17 heavy (non-hydrogen) atoms. The number of nitrogens with zero attached hydrogens (tertiary/aromatic N) is 1. The van der Waals surface area contributed by atoms with Gasteiger partial charge in [0.05, 0.1) is 0 Å². The smallest absolute Gasteiger partial charge is 0.330 e. The Morgan fingerprint density at radius 2 is 2.24 bits per heavy atom. The number of carboxylic acid groups (broad SMARTS) is 1. The second kappa shape index (κ2) is 4.46. The van der Waals surface area contributed by atoms with Crippen LogP contribution in [0.3, 0.4) is 0 Å². The molecule has 0 aliphatic carbocycles. The summed E-state index contributed by atoms with van der Waals surface area (Å²) in [5.41, 5.74) is 0.546. The first-order valence-electron chi connectivity index (χ1n) is 4.90. The molecule has 0 radical (unpaired) electrons. The minimum Gasteiger partial charge on any atom is -0.480 e. The summed E-state index contributed by atoms with van der Waals surface area (Å²) in [5.74, 6) is -1.41. The predicted octanol–water partition coefficient (Wildman–Crippen LogP) is 1.26. The Balaban J connectivity index is 2.32. The molecule has 1 aromatic carbocycles. The molecule has 1 aromatic rings. The van der Waals surface area contributed by atoms with Crippen LogP contribution in [0.4, 0.5) is 5.69 Å². The molecular weight excluding hydrogens is 290 g/mol. The van der Waals surface area contributed by atoms with Crippen LogP contribution in [-0.2, 0) is 14.3 Å². The van der Waals surface area contributed by atoms with E-state index in [-0.39, 0.29) is 5.91 Å². The van der Waals surface area contributed by atoms with Gasteiger partial charge >= 0.3 is 5.97 Å². The highest BCUT2D eigenvalue weighted by atomic mass is 79.9. The Morgan fingerprint density at radius 1 is 1.53 bits per heavy atom. The number of aliphatic carboxylic acids is 1. The van der Waals surface area contributed by atoms with Crippen LogP contribution in [0.5, 0.6) is 0 Å². The van der Waals surface area contributed by atoms with Gasteiger partial charge in [0.15, 0.2) is 12.1 Å². The molecule has 1 amide bonds. The van der Waals surface area contributed by atoms with Crippen molar-refractivity contribution in [2.75, 3.05) is 12.0 Å². The van der Waals surface area contributed by atoms with E-state index in [0.717, 1.165) is 4.47 Å². The van der Waals surface area contributed by atoms with Gasteiger partial charge in [-0.25, -0.2) is 4.79 Å². The normalized spacial score (nSPS) is 23.4.